The molecule has 340 valence electrons. The Morgan fingerprint density at radius 1 is 0.869 bits per heavy atom. The quantitative estimate of drug-likeness (QED) is 0.118. The first-order valence-corrected chi connectivity index (χ1v) is 22.4. The van der Waals surface area contributed by atoms with Crippen molar-refractivity contribution in [3.05, 3.63) is 65.5 Å². The van der Waals surface area contributed by atoms with E-state index >= 15 is 0 Å². The summed E-state index contributed by atoms with van der Waals surface area (Å²) < 4.78 is 12.2. The van der Waals surface area contributed by atoms with E-state index in [0.717, 1.165) is 29.7 Å². The maximum absolute atomic E-state index is 14.4. The Hall–Kier alpha value is -4.00. The number of nitrogens with one attached hydrogen (secondary N) is 1. The number of nitrogens with zero attached hydrogens (tertiary/aromatic N) is 4. The lowest BCUT2D eigenvalue weighted by molar-refractivity contribution is -0.149. The molecule has 0 aliphatic carbocycles. The summed E-state index contributed by atoms with van der Waals surface area (Å²) in [5.41, 5.74) is 2.83. The third kappa shape index (κ3) is 14.3. The van der Waals surface area contributed by atoms with Gasteiger partial charge in [-0.05, 0) is 69.3 Å². The molecule has 3 rings (SSSR count). The Kier molecular flexibility index (Phi) is 20.7. The van der Waals surface area contributed by atoms with E-state index in [1.165, 1.54) is 0 Å². The summed E-state index contributed by atoms with van der Waals surface area (Å²) >= 11 is 0. The average Bonchev–Trinajstić information content (AvgIpc) is 3.71. The van der Waals surface area contributed by atoms with Crippen LogP contribution in [0.4, 0.5) is 0 Å². The van der Waals surface area contributed by atoms with Crippen LogP contribution in [0.5, 0.6) is 0 Å². The summed E-state index contributed by atoms with van der Waals surface area (Å²) in [6.07, 6.45) is 3.11. The van der Waals surface area contributed by atoms with E-state index in [9.17, 15) is 24.0 Å². The zero-order valence-corrected chi connectivity index (χ0v) is 39.5. The first kappa shape index (κ1) is 51.4. The van der Waals surface area contributed by atoms with Crippen LogP contribution in [-0.2, 0) is 46.4 Å². The van der Waals surface area contributed by atoms with Gasteiger partial charge in [-0.2, -0.15) is 0 Å². The standard InChI is InChI=1S/C49H77N5O7/c1-14-34(7)46(53(11)49(59)39(31(2)3)28-42(56)45(32(4)5)52(9)10)43(60-12)29-44(57)54-25-17-19-40(54)47(61-13)35(8)41(55)27-37(26-38-18-15-16-24-50-38)48(58)51-30-36-22-20-33(6)21-23-36/h15-16,18,20-24,31-32,34-35,37,39-40,43,45-47H,14,17,19,25-30H2,1-13H3,(H,51,58)/t34-,35-,37+,39-,40-,43+,45-,46-,47+/m0/s1. The third-order valence-electron chi connectivity index (χ3n) is 13.0. The highest BCUT2D eigenvalue weighted by Gasteiger charge is 2.43. The van der Waals surface area contributed by atoms with Crippen molar-refractivity contribution in [2.45, 2.75) is 137 Å². The van der Waals surface area contributed by atoms with Crippen LogP contribution < -0.4 is 5.32 Å². The van der Waals surface area contributed by atoms with Gasteiger partial charge in [-0.3, -0.25) is 33.9 Å². The molecule has 0 saturated carbocycles. The molecule has 1 aliphatic rings. The topological polar surface area (TPSA) is 138 Å². The number of aryl methyl sites for hydroxylation is 1. The monoisotopic (exact) mass is 848 g/mol. The third-order valence-corrected chi connectivity index (χ3v) is 13.0. The minimum atomic E-state index is -0.646. The number of likely N-dealkylation sites (tertiary alicyclic amines) is 1. The predicted molar refractivity (Wildman–Crippen MR) is 240 cm³/mol. The number of amides is 3. The van der Waals surface area contributed by atoms with Crippen LogP contribution >= 0.6 is 0 Å². The number of aromatic nitrogens is 1. The second kappa shape index (κ2) is 24.6. The van der Waals surface area contributed by atoms with E-state index in [1.807, 2.05) is 108 Å². The Morgan fingerprint density at radius 3 is 2.08 bits per heavy atom. The molecule has 2 aromatic rings. The Bertz CT molecular complexity index is 1690. The molecular formula is C49H77N5O7. The smallest absolute Gasteiger partial charge is 0.226 e. The van der Waals surface area contributed by atoms with Gasteiger partial charge in [0, 0.05) is 77.3 Å². The van der Waals surface area contributed by atoms with E-state index in [1.54, 1.807) is 32.4 Å². The number of hydrogen-bond acceptors (Lipinski definition) is 9. The molecule has 3 amide bonds. The second-order valence-electron chi connectivity index (χ2n) is 18.4. The van der Waals surface area contributed by atoms with Crippen molar-refractivity contribution in [3.63, 3.8) is 0 Å². The normalized spacial score (nSPS) is 18.3. The van der Waals surface area contributed by atoms with Crippen molar-refractivity contribution < 1.29 is 33.4 Å². The number of methoxy groups -OCH3 is 2. The van der Waals surface area contributed by atoms with Crippen molar-refractivity contribution >= 4 is 29.3 Å². The summed E-state index contributed by atoms with van der Waals surface area (Å²) in [6, 6.07) is 12.4. The molecule has 1 aromatic carbocycles. The van der Waals surface area contributed by atoms with E-state index in [2.05, 4.69) is 24.1 Å². The van der Waals surface area contributed by atoms with Gasteiger partial charge in [-0.15, -0.1) is 0 Å². The number of hydrogen-bond donors (Lipinski definition) is 1. The second-order valence-corrected chi connectivity index (χ2v) is 18.4. The summed E-state index contributed by atoms with van der Waals surface area (Å²) in [5.74, 6) is -2.30. The zero-order chi connectivity index (χ0) is 45.6. The highest BCUT2D eigenvalue weighted by Crippen LogP contribution is 2.32. The number of Topliss-reactive ketones (excluding diaryl/α,β-unsaturated/α-hetero) is 2. The van der Waals surface area contributed by atoms with E-state index < -0.39 is 36.0 Å². The van der Waals surface area contributed by atoms with Gasteiger partial charge in [0.05, 0.1) is 42.7 Å². The lowest BCUT2D eigenvalue weighted by Gasteiger charge is -2.41. The fourth-order valence-corrected chi connectivity index (χ4v) is 9.30. The fraction of sp³-hybridized carbons (Fsp3) is 0.673. The van der Waals surface area contributed by atoms with E-state index in [-0.39, 0.29) is 78.4 Å². The molecule has 61 heavy (non-hydrogen) atoms. The number of benzene rings is 1. The summed E-state index contributed by atoms with van der Waals surface area (Å²) in [4.78, 5) is 80.2. The Morgan fingerprint density at radius 2 is 1.54 bits per heavy atom. The van der Waals surface area contributed by atoms with Crippen LogP contribution in [0.3, 0.4) is 0 Å². The van der Waals surface area contributed by atoms with Gasteiger partial charge in [-0.1, -0.05) is 90.8 Å². The average molecular weight is 848 g/mol. The molecule has 0 unspecified atom stereocenters. The van der Waals surface area contributed by atoms with Crippen LogP contribution in [0, 0.1) is 42.4 Å². The first-order chi connectivity index (χ1) is 28.9. The molecule has 1 saturated heterocycles. The number of rotatable bonds is 25. The van der Waals surface area contributed by atoms with Crippen LogP contribution in [0.15, 0.2) is 48.7 Å². The number of carbonyl (C=O) groups excluding carboxylic acids is 5. The summed E-state index contributed by atoms with van der Waals surface area (Å²) in [6.45, 7) is 16.8. The maximum Gasteiger partial charge on any atom is 0.226 e. The highest BCUT2D eigenvalue weighted by molar-refractivity contribution is 5.90. The van der Waals surface area contributed by atoms with Gasteiger partial charge < -0.3 is 24.6 Å². The van der Waals surface area contributed by atoms with Crippen molar-refractivity contribution in [1.29, 1.82) is 0 Å². The maximum atomic E-state index is 14.4. The van der Waals surface area contributed by atoms with Gasteiger partial charge in [0.1, 0.15) is 5.78 Å². The number of ether oxygens (including phenoxy) is 2. The number of carbonyl (C=O) groups is 5. The van der Waals surface area contributed by atoms with Crippen LogP contribution in [0.1, 0.15) is 104 Å². The molecule has 0 spiro atoms. The number of pyridine rings is 1. The van der Waals surface area contributed by atoms with Gasteiger partial charge in [0.25, 0.3) is 0 Å². The molecular weight excluding hydrogens is 771 g/mol. The lowest BCUT2D eigenvalue weighted by atomic mass is 9.83. The molecule has 12 heteroatoms. The van der Waals surface area contributed by atoms with Gasteiger partial charge >= 0.3 is 0 Å². The molecule has 1 N–H and O–H groups in total. The number of likely N-dealkylation sites (N-methyl/N-ethyl adjacent to an activating group) is 2. The fourth-order valence-electron chi connectivity index (χ4n) is 9.30. The minimum Gasteiger partial charge on any atom is -0.379 e. The molecule has 2 heterocycles. The number of ketones is 2. The Balaban J connectivity index is 1.79. The van der Waals surface area contributed by atoms with Crippen molar-refractivity contribution in [2.24, 2.45) is 35.5 Å². The molecule has 0 radical (unpaired) electrons. The Labute approximate surface area is 366 Å². The van der Waals surface area contributed by atoms with E-state index in [0.29, 0.717) is 25.9 Å². The van der Waals surface area contributed by atoms with Crippen LogP contribution in [0.2, 0.25) is 0 Å². The zero-order valence-electron chi connectivity index (χ0n) is 39.5. The molecule has 1 fully saturated rings. The summed E-state index contributed by atoms with van der Waals surface area (Å²) in [5, 5.41) is 3.04. The highest BCUT2D eigenvalue weighted by atomic mass is 16.5. The van der Waals surface area contributed by atoms with Crippen molar-refractivity contribution in [3.8, 4) is 0 Å². The van der Waals surface area contributed by atoms with Gasteiger partial charge in [-0.25, -0.2) is 0 Å². The SMILES string of the molecule is CC[C@H](C)[C@@H]([C@@H](CC(=O)N1CCC[C@H]1[C@H](OC)[C@@H](C)C(=O)C[C@@H](Cc1ccccn1)C(=O)NCc1ccc(C)cc1)OC)N(C)C(=O)[C@@H](CC(=O)[C@H](C(C)C)N(C)C)C(C)C. The largest absolute Gasteiger partial charge is 0.379 e. The molecule has 12 nitrogen and oxygen atoms in total. The van der Waals surface area contributed by atoms with Crippen LogP contribution in [-0.4, -0.2) is 121 Å². The molecule has 1 aliphatic heterocycles. The minimum absolute atomic E-state index is 0.00304. The predicted octanol–water partition coefficient (Wildman–Crippen LogP) is 6.56. The van der Waals surface area contributed by atoms with E-state index in [4.69, 9.17) is 9.47 Å². The van der Waals surface area contributed by atoms with Gasteiger partial charge in [0.2, 0.25) is 17.7 Å². The summed E-state index contributed by atoms with van der Waals surface area (Å²) in [7, 11) is 8.73. The van der Waals surface area contributed by atoms with Crippen LogP contribution in [0.25, 0.3) is 0 Å². The van der Waals surface area contributed by atoms with Crippen molar-refractivity contribution in [1.82, 2.24) is 25.0 Å². The molecule has 9 atom stereocenters. The lowest BCUT2D eigenvalue weighted by Crippen LogP contribution is -2.54. The van der Waals surface area contributed by atoms with Crippen molar-refractivity contribution in [2.75, 3.05) is 41.9 Å². The molecule has 0 bridgehead atoms. The van der Waals surface area contributed by atoms with Gasteiger partial charge in [0.15, 0.2) is 5.78 Å². The molecule has 1 aromatic heterocycles. The first-order valence-electron chi connectivity index (χ1n) is 22.4.